The molecule has 5 aliphatic rings. The van der Waals surface area contributed by atoms with Crippen LogP contribution in [0.4, 0.5) is 0 Å². The van der Waals surface area contributed by atoms with E-state index in [0.29, 0.717) is 18.4 Å². The molecule has 0 aromatic carbocycles. The van der Waals surface area contributed by atoms with Crippen molar-refractivity contribution in [3.8, 4) is 0 Å². The molecule has 0 aromatic heterocycles. The third kappa shape index (κ3) is 1.93. The molecule has 1 amide bonds. The monoisotopic (exact) mass is 276 g/mol. The maximum absolute atomic E-state index is 13.0. The van der Waals surface area contributed by atoms with Gasteiger partial charge in [0.05, 0.1) is 5.54 Å². The molecule has 5 aliphatic carbocycles. The maximum Gasteiger partial charge on any atom is 0.226 e. The van der Waals surface area contributed by atoms with Crippen molar-refractivity contribution in [2.24, 2.45) is 34.8 Å². The second kappa shape index (κ2) is 4.22. The lowest BCUT2D eigenvalue weighted by Crippen LogP contribution is -2.60. The van der Waals surface area contributed by atoms with E-state index in [-0.39, 0.29) is 11.0 Å². The molecule has 3 N–H and O–H groups in total. The summed E-state index contributed by atoms with van der Waals surface area (Å²) in [7, 11) is 0. The lowest BCUT2D eigenvalue weighted by atomic mass is 9.49. The van der Waals surface area contributed by atoms with E-state index in [2.05, 4.69) is 12.2 Å². The van der Waals surface area contributed by atoms with Crippen LogP contribution in [-0.4, -0.2) is 18.0 Å². The third-order valence-electron chi connectivity index (χ3n) is 6.82. The van der Waals surface area contributed by atoms with E-state index in [1.54, 1.807) is 0 Å². The van der Waals surface area contributed by atoms with Gasteiger partial charge in [-0.2, -0.15) is 0 Å². The second-order valence-corrected chi connectivity index (χ2v) is 8.55. The van der Waals surface area contributed by atoms with E-state index in [1.807, 2.05) is 0 Å². The van der Waals surface area contributed by atoms with Crippen LogP contribution in [0.15, 0.2) is 0 Å². The van der Waals surface area contributed by atoms with Crippen LogP contribution < -0.4 is 11.1 Å². The minimum absolute atomic E-state index is 0.0277. The molecule has 4 bridgehead atoms. The van der Waals surface area contributed by atoms with Crippen molar-refractivity contribution in [3.05, 3.63) is 0 Å². The molecule has 0 heterocycles. The molecule has 0 aliphatic heterocycles. The normalized spacial score (nSPS) is 45.2. The van der Waals surface area contributed by atoms with Crippen LogP contribution >= 0.6 is 0 Å². The Morgan fingerprint density at radius 1 is 1.15 bits per heavy atom. The van der Waals surface area contributed by atoms with Gasteiger partial charge in [-0.3, -0.25) is 4.79 Å². The van der Waals surface area contributed by atoms with Gasteiger partial charge in [0.2, 0.25) is 5.91 Å². The van der Waals surface area contributed by atoms with Gasteiger partial charge in [0, 0.05) is 12.0 Å². The van der Waals surface area contributed by atoms with Gasteiger partial charge < -0.3 is 11.1 Å². The highest BCUT2D eigenvalue weighted by molar-refractivity contribution is 5.84. The van der Waals surface area contributed by atoms with Crippen molar-refractivity contribution in [3.63, 3.8) is 0 Å². The quantitative estimate of drug-likeness (QED) is 0.828. The van der Waals surface area contributed by atoms with E-state index in [4.69, 9.17) is 5.73 Å². The van der Waals surface area contributed by atoms with Gasteiger partial charge in [-0.15, -0.1) is 0 Å². The van der Waals surface area contributed by atoms with E-state index >= 15 is 0 Å². The molecule has 0 aromatic rings. The first-order valence-corrected chi connectivity index (χ1v) is 8.56. The highest BCUT2D eigenvalue weighted by Gasteiger charge is 2.56. The van der Waals surface area contributed by atoms with Crippen LogP contribution in [0.1, 0.15) is 58.3 Å². The molecule has 5 saturated carbocycles. The van der Waals surface area contributed by atoms with Gasteiger partial charge in [-0.25, -0.2) is 0 Å². The van der Waals surface area contributed by atoms with E-state index in [9.17, 15) is 4.79 Å². The van der Waals surface area contributed by atoms with Crippen LogP contribution in [0.2, 0.25) is 0 Å². The Balaban J connectivity index is 1.53. The standard InChI is InChI=1S/C17H28N2O/c1-16(10-18,14-2-3-14)19-15(20)17-7-11-4-12(8-17)6-13(5-11)9-17/h11-14H,2-10,18H2,1H3,(H,19,20). The molecule has 5 rings (SSSR count). The summed E-state index contributed by atoms with van der Waals surface area (Å²) in [5.74, 6) is 3.45. The number of hydrogen-bond acceptors (Lipinski definition) is 2. The molecule has 3 heteroatoms. The third-order valence-corrected chi connectivity index (χ3v) is 6.82. The average molecular weight is 276 g/mol. The molecule has 0 spiro atoms. The summed E-state index contributed by atoms with van der Waals surface area (Å²) in [4.78, 5) is 13.0. The number of nitrogens with one attached hydrogen (secondary N) is 1. The van der Waals surface area contributed by atoms with E-state index in [0.717, 1.165) is 37.0 Å². The summed E-state index contributed by atoms with van der Waals surface area (Å²) in [6.45, 7) is 2.73. The van der Waals surface area contributed by atoms with Gasteiger partial charge in [0.15, 0.2) is 0 Å². The molecule has 20 heavy (non-hydrogen) atoms. The predicted molar refractivity (Wildman–Crippen MR) is 78.9 cm³/mol. The largest absolute Gasteiger partial charge is 0.349 e. The Morgan fingerprint density at radius 2 is 1.65 bits per heavy atom. The molecular formula is C17H28N2O. The topological polar surface area (TPSA) is 55.1 Å². The van der Waals surface area contributed by atoms with Crippen LogP contribution in [0.3, 0.4) is 0 Å². The Morgan fingerprint density at radius 3 is 2.05 bits per heavy atom. The van der Waals surface area contributed by atoms with Gasteiger partial charge in [-0.05, 0) is 82.0 Å². The number of nitrogens with two attached hydrogens (primary N) is 1. The van der Waals surface area contributed by atoms with Crippen LogP contribution in [0, 0.1) is 29.1 Å². The van der Waals surface area contributed by atoms with Gasteiger partial charge in [0.25, 0.3) is 0 Å². The SMILES string of the molecule is CC(CN)(NC(=O)C12CC3CC(CC(C3)C1)C2)C1CC1. The zero-order valence-corrected chi connectivity index (χ0v) is 12.7. The zero-order valence-electron chi connectivity index (χ0n) is 12.7. The van der Waals surface area contributed by atoms with Crippen LogP contribution in [0.25, 0.3) is 0 Å². The maximum atomic E-state index is 13.0. The molecule has 0 saturated heterocycles. The van der Waals surface area contributed by atoms with Crippen molar-refractivity contribution < 1.29 is 4.79 Å². The lowest BCUT2D eigenvalue weighted by Gasteiger charge is -2.56. The number of carbonyl (C=O) groups excluding carboxylic acids is 1. The van der Waals surface area contributed by atoms with Crippen LogP contribution in [0.5, 0.6) is 0 Å². The van der Waals surface area contributed by atoms with Crippen molar-refractivity contribution in [1.82, 2.24) is 5.32 Å². The van der Waals surface area contributed by atoms with Crippen molar-refractivity contribution in [2.75, 3.05) is 6.54 Å². The summed E-state index contributed by atoms with van der Waals surface area (Å²) < 4.78 is 0. The Bertz CT molecular complexity index is 393. The summed E-state index contributed by atoms with van der Waals surface area (Å²) in [6.07, 6.45) is 10.1. The highest BCUT2D eigenvalue weighted by atomic mass is 16.2. The van der Waals surface area contributed by atoms with Crippen molar-refractivity contribution >= 4 is 5.91 Å². The van der Waals surface area contributed by atoms with Gasteiger partial charge >= 0.3 is 0 Å². The molecule has 1 atom stereocenters. The molecular weight excluding hydrogens is 248 g/mol. The van der Waals surface area contributed by atoms with Gasteiger partial charge in [0.1, 0.15) is 0 Å². The van der Waals surface area contributed by atoms with E-state index < -0.39 is 0 Å². The van der Waals surface area contributed by atoms with Crippen molar-refractivity contribution in [2.45, 2.75) is 63.8 Å². The lowest BCUT2D eigenvalue weighted by molar-refractivity contribution is -0.148. The van der Waals surface area contributed by atoms with Crippen LogP contribution in [-0.2, 0) is 4.79 Å². The Hall–Kier alpha value is -0.570. The summed E-state index contributed by atoms with van der Waals surface area (Å²) >= 11 is 0. The minimum atomic E-state index is -0.152. The summed E-state index contributed by atoms with van der Waals surface area (Å²) in [6, 6.07) is 0. The van der Waals surface area contributed by atoms with Gasteiger partial charge in [-0.1, -0.05) is 0 Å². The fourth-order valence-electron chi connectivity index (χ4n) is 5.82. The highest BCUT2D eigenvalue weighted by Crippen LogP contribution is 2.60. The first-order chi connectivity index (χ1) is 9.53. The Labute approximate surface area is 122 Å². The zero-order chi connectivity index (χ0) is 14.0. The molecule has 3 nitrogen and oxygen atoms in total. The molecule has 5 fully saturated rings. The van der Waals surface area contributed by atoms with Crippen molar-refractivity contribution in [1.29, 1.82) is 0 Å². The average Bonchev–Trinajstić information content (AvgIpc) is 3.21. The smallest absolute Gasteiger partial charge is 0.226 e. The minimum Gasteiger partial charge on any atom is -0.349 e. The second-order valence-electron chi connectivity index (χ2n) is 8.55. The van der Waals surface area contributed by atoms with E-state index in [1.165, 1.54) is 32.1 Å². The fraction of sp³-hybridized carbons (Fsp3) is 0.941. The Kier molecular flexibility index (Phi) is 2.77. The summed E-state index contributed by atoms with van der Waals surface area (Å²) in [5, 5.41) is 3.40. The first kappa shape index (κ1) is 13.1. The number of amides is 1. The predicted octanol–water partition coefficient (Wildman–Crippen LogP) is 2.45. The first-order valence-electron chi connectivity index (χ1n) is 8.56. The number of rotatable bonds is 4. The summed E-state index contributed by atoms with van der Waals surface area (Å²) in [5.41, 5.74) is 5.79. The molecule has 1 unspecified atom stereocenters. The molecule has 112 valence electrons. The number of carbonyl (C=O) groups is 1. The fourth-order valence-corrected chi connectivity index (χ4v) is 5.82. The number of hydrogen-bond donors (Lipinski definition) is 2. The molecule has 0 radical (unpaired) electrons.